The van der Waals surface area contributed by atoms with Crippen LogP contribution in [0, 0.1) is 5.82 Å². The predicted octanol–water partition coefficient (Wildman–Crippen LogP) is 0.861. The highest BCUT2D eigenvalue weighted by Crippen LogP contribution is 2.22. The molecule has 2 aromatic rings. The van der Waals surface area contributed by atoms with Crippen molar-refractivity contribution >= 4 is 0 Å². The fraction of sp³-hybridized carbons (Fsp3) is 0.417. The van der Waals surface area contributed by atoms with Gasteiger partial charge in [-0.3, -0.25) is 0 Å². The summed E-state index contributed by atoms with van der Waals surface area (Å²) in [6, 6.07) is 4.50. The van der Waals surface area contributed by atoms with Crippen LogP contribution in [-0.4, -0.2) is 46.8 Å². The van der Waals surface area contributed by atoms with Crippen LogP contribution in [0.15, 0.2) is 18.2 Å². The molecular weight excluding hydrogens is 267 g/mol. The van der Waals surface area contributed by atoms with Crippen LogP contribution in [0.3, 0.4) is 0 Å². The minimum Gasteiger partial charge on any atom is -0.494 e. The van der Waals surface area contributed by atoms with Crippen LogP contribution in [0.1, 0.15) is 0 Å². The van der Waals surface area contributed by atoms with Crippen molar-refractivity contribution in [1.82, 2.24) is 20.2 Å². The molecule has 2 heterocycles. The highest BCUT2D eigenvalue weighted by molar-refractivity contribution is 5.55. The van der Waals surface area contributed by atoms with E-state index in [1.54, 1.807) is 6.07 Å². The molecule has 0 amide bonds. The second-order valence-corrected chi connectivity index (χ2v) is 4.19. The Balaban J connectivity index is 1.77. The number of rotatable bonds is 4. The molecule has 0 bridgehead atoms. The van der Waals surface area contributed by atoms with Crippen molar-refractivity contribution < 1.29 is 18.6 Å². The average Bonchev–Trinajstić information content (AvgIpc) is 3.11. The Hall–Kier alpha value is -2.06. The quantitative estimate of drug-likeness (QED) is 0.827. The monoisotopic (exact) mass is 280 g/mol. The fourth-order valence-corrected chi connectivity index (χ4v) is 1.89. The number of aromatic nitrogens is 4. The Morgan fingerprint density at radius 3 is 2.90 bits per heavy atom. The Labute approximate surface area is 114 Å². The third kappa shape index (κ3) is 2.61. The molecule has 7 nitrogen and oxygen atoms in total. The molecule has 0 atom stereocenters. The van der Waals surface area contributed by atoms with Crippen molar-refractivity contribution in [1.29, 1.82) is 0 Å². The number of hydrogen-bond donors (Lipinski definition) is 0. The van der Waals surface area contributed by atoms with Gasteiger partial charge in [0.15, 0.2) is 17.9 Å². The molecule has 0 saturated carbocycles. The standard InChI is InChI=1S/C12H13FN4O3/c1-18-10-3-2-8(6-9(10)13)12-14-16-17(15-12)7-11-19-4-5-20-11/h2-3,6,11H,4-5,7H2,1H3. The van der Waals surface area contributed by atoms with Crippen molar-refractivity contribution in [3.05, 3.63) is 24.0 Å². The molecule has 1 aromatic carbocycles. The zero-order valence-corrected chi connectivity index (χ0v) is 10.8. The predicted molar refractivity (Wildman–Crippen MR) is 65.5 cm³/mol. The summed E-state index contributed by atoms with van der Waals surface area (Å²) >= 11 is 0. The lowest BCUT2D eigenvalue weighted by Crippen LogP contribution is -2.18. The van der Waals surface area contributed by atoms with Gasteiger partial charge in [-0.2, -0.15) is 4.80 Å². The van der Waals surface area contributed by atoms with E-state index in [0.29, 0.717) is 31.1 Å². The van der Waals surface area contributed by atoms with Gasteiger partial charge in [0.2, 0.25) is 5.82 Å². The lowest BCUT2D eigenvalue weighted by molar-refractivity contribution is -0.0572. The summed E-state index contributed by atoms with van der Waals surface area (Å²) in [5, 5.41) is 11.9. The summed E-state index contributed by atoms with van der Waals surface area (Å²) in [7, 11) is 1.41. The second kappa shape index (κ2) is 5.51. The number of nitrogens with zero attached hydrogens (tertiary/aromatic N) is 4. The SMILES string of the molecule is COc1ccc(-c2nnn(CC3OCCO3)n2)cc1F. The van der Waals surface area contributed by atoms with E-state index >= 15 is 0 Å². The second-order valence-electron chi connectivity index (χ2n) is 4.19. The summed E-state index contributed by atoms with van der Waals surface area (Å²) in [5.41, 5.74) is 0.530. The van der Waals surface area contributed by atoms with E-state index in [9.17, 15) is 4.39 Å². The van der Waals surface area contributed by atoms with E-state index < -0.39 is 5.82 Å². The van der Waals surface area contributed by atoms with Gasteiger partial charge in [0.1, 0.15) is 6.54 Å². The van der Waals surface area contributed by atoms with E-state index in [2.05, 4.69) is 15.4 Å². The lowest BCUT2D eigenvalue weighted by atomic mass is 10.2. The number of hydrogen-bond acceptors (Lipinski definition) is 6. The first-order chi connectivity index (χ1) is 9.76. The Bertz CT molecular complexity index is 598. The first-order valence-corrected chi connectivity index (χ1v) is 6.11. The van der Waals surface area contributed by atoms with E-state index in [-0.39, 0.29) is 12.0 Å². The molecule has 0 unspecified atom stereocenters. The number of ether oxygens (including phenoxy) is 3. The maximum atomic E-state index is 13.6. The largest absolute Gasteiger partial charge is 0.494 e. The van der Waals surface area contributed by atoms with Crippen molar-refractivity contribution in [2.45, 2.75) is 12.8 Å². The molecular formula is C12H13FN4O3. The Morgan fingerprint density at radius 2 is 2.20 bits per heavy atom. The third-order valence-corrected chi connectivity index (χ3v) is 2.87. The van der Waals surface area contributed by atoms with Gasteiger partial charge in [-0.05, 0) is 23.4 Å². The molecule has 1 aromatic heterocycles. The fourth-order valence-electron chi connectivity index (χ4n) is 1.89. The molecule has 20 heavy (non-hydrogen) atoms. The van der Waals surface area contributed by atoms with Gasteiger partial charge in [0.25, 0.3) is 0 Å². The third-order valence-electron chi connectivity index (χ3n) is 2.87. The van der Waals surface area contributed by atoms with Gasteiger partial charge in [-0.25, -0.2) is 4.39 Å². The van der Waals surface area contributed by atoms with Crippen molar-refractivity contribution in [2.24, 2.45) is 0 Å². The van der Waals surface area contributed by atoms with Crippen LogP contribution < -0.4 is 4.74 Å². The summed E-state index contributed by atoms with van der Waals surface area (Å²) in [5.74, 6) is 0.0438. The molecule has 8 heteroatoms. The minimum absolute atomic E-state index is 0.175. The number of tetrazole rings is 1. The van der Waals surface area contributed by atoms with Crippen LogP contribution in [0.4, 0.5) is 4.39 Å². The van der Waals surface area contributed by atoms with Crippen molar-refractivity contribution in [3.8, 4) is 17.1 Å². The van der Waals surface area contributed by atoms with Crippen LogP contribution in [0.25, 0.3) is 11.4 Å². The number of methoxy groups -OCH3 is 1. The lowest BCUT2D eigenvalue weighted by Gasteiger charge is -2.06. The first kappa shape index (κ1) is 12.9. The van der Waals surface area contributed by atoms with E-state index in [4.69, 9.17) is 14.2 Å². The minimum atomic E-state index is -0.469. The number of benzene rings is 1. The smallest absolute Gasteiger partial charge is 0.205 e. The molecule has 0 spiro atoms. The molecule has 1 aliphatic rings. The van der Waals surface area contributed by atoms with E-state index in [0.717, 1.165) is 0 Å². The molecule has 3 rings (SSSR count). The summed E-state index contributed by atoms with van der Waals surface area (Å²) < 4.78 is 29.1. The van der Waals surface area contributed by atoms with Crippen LogP contribution in [0.5, 0.6) is 5.75 Å². The topological polar surface area (TPSA) is 71.3 Å². The molecule has 106 valence electrons. The van der Waals surface area contributed by atoms with Gasteiger partial charge in [-0.1, -0.05) is 0 Å². The van der Waals surface area contributed by atoms with Gasteiger partial charge >= 0.3 is 0 Å². The molecule has 1 aliphatic heterocycles. The number of halogens is 1. The highest BCUT2D eigenvalue weighted by Gasteiger charge is 2.18. The zero-order chi connectivity index (χ0) is 13.9. The molecule has 0 N–H and O–H groups in total. The van der Waals surface area contributed by atoms with Crippen molar-refractivity contribution in [3.63, 3.8) is 0 Å². The van der Waals surface area contributed by atoms with Crippen molar-refractivity contribution in [2.75, 3.05) is 20.3 Å². The maximum Gasteiger partial charge on any atom is 0.205 e. The summed E-state index contributed by atoms with van der Waals surface area (Å²) in [4.78, 5) is 1.37. The van der Waals surface area contributed by atoms with Gasteiger partial charge in [0, 0.05) is 5.56 Å². The Morgan fingerprint density at radius 1 is 1.40 bits per heavy atom. The molecule has 0 aliphatic carbocycles. The van der Waals surface area contributed by atoms with Crippen LogP contribution in [0.2, 0.25) is 0 Å². The molecule has 1 fully saturated rings. The Kier molecular flexibility index (Phi) is 3.57. The van der Waals surface area contributed by atoms with E-state index in [1.165, 1.54) is 24.0 Å². The van der Waals surface area contributed by atoms with Crippen LogP contribution in [-0.2, 0) is 16.0 Å². The summed E-state index contributed by atoms with van der Waals surface area (Å²) in [6.45, 7) is 1.48. The molecule has 1 saturated heterocycles. The van der Waals surface area contributed by atoms with Crippen LogP contribution >= 0.6 is 0 Å². The van der Waals surface area contributed by atoms with E-state index in [1.807, 2.05) is 0 Å². The van der Waals surface area contributed by atoms with Gasteiger partial charge in [0.05, 0.1) is 20.3 Å². The normalized spacial score (nSPS) is 15.7. The van der Waals surface area contributed by atoms with Gasteiger partial charge in [-0.15, -0.1) is 10.2 Å². The highest BCUT2D eigenvalue weighted by atomic mass is 19.1. The zero-order valence-electron chi connectivity index (χ0n) is 10.8. The molecule has 0 radical (unpaired) electrons. The van der Waals surface area contributed by atoms with Gasteiger partial charge < -0.3 is 14.2 Å². The first-order valence-electron chi connectivity index (χ1n) is 6.11. The maximum absolute atomic E-state index is 13.6. The summed E-state index contributed by atoms with van der Waals surface area (Å²) in [6.07, 6.45) is -0.357. The average molecular weight is 280 g/mol.